The molecule has 0 radical (unpaired) electrons. The molecule has 1 aliphatic heterocycles. The Kier molecular flexibility index (Phi) is 3.78. The first-order valence-corrected chi connectivity index (χ1v) is 7.07. The quantitative estimate of drug-likeness (QED) is 0.880. The Labute approximate surface area is 128 Å². The number of hydrogen-bond acceptors (Lipinski definition) is 4. The largest absolute Gasteiger partial charge is 0.488 e. The maximum atomic E-state index is 11.1. The van der Waals surface area contributed by atoms with Crippen molar-refractivity contribution < 1.29 is 14.3 Å². The lowest BCUT2D eigenvalue weighted by molar-refractivity contribution is 0.111. The van der Waals surface area contributed by atoms with E-state index < -0.39 is 0 Å². The monoisotopic (exact) mass is 296 g/mol. The van der Waals surface area contributed by atoms with E-state index >= 15 is 0 Å². The molecule has 0 fully saturated rings. The number of H-pyrrole nitrogens is 1. The molecule has 0 amide bonds. The summed E-state index contributed by atoms with van der Waals surface area (Å²) >= 11 is 0. The number of anilines is 2. The molecule has 22 heavy (non-hydrogen) atoms. The van der Waals surface area contributed by atoms with E-state index in [-0.39, 0.29) is 0 Å². The zero-order chi connectivity index (χ0) is 15.5. The fourth-order valence-electron chi connectivity index (χ4n) is 2.60. The minimum atomic E-state index is 0.482. The lowest BCUT2D eigenvalue weighted by Gasteiger charge is -2.29. The third-order valence-electron chi connectivity index (χ3n) is 3.61. The molecule has 0 saturated heterocycles. The minimum absolute atomic E-state index is 0.482. The van der Waals surface area contributed by atoms with Crippen LogP contribution in [-0.2, 0) is 0 Å². The molecule has 2 aromatic rings. The number of aldehydes is 2. The van der Waals surface area contributed by atoms with Crippen LogP contribution >= 0.6 is 0 Å². The second kappa shape index (κ2) is 5.89. The average Bonchev–Trinajstić information content (AvgIpc) is 2.98. The molecule has 0 aliphatic carbocycles. The molecule has 0 saturated carbocycles. The number of aromatic amines is 1. The van der Waals surface area contributed by atoms with Crippen molar-refractivity contribution in [3.63, 3.8) is 0 Å². The molecule has 0 unspecified atom stereocenters. The third kappa shape index (κ3) is 2.41. The van der Waals surface area contributed by atoms with Crippen LogP contribution in [0.5, 0.6) is 5.75 Å². The van der Waals surface area contributed by atoms with Gasteiger partial charge in [-0.25, -0.2) is 0 Å². The Balaban J connectivity index is 2.05. The standard InChI is InChI=1S/C17H16N2O3/c1-2-3-12-8-15(5-4-13(12)10-20)19-6-7-22-16-9-14(11-21)18-17(16)19/h2-5,8-11,18H,6-7H2,1H3/b3-2-. The van der Waals surface area contributed by atoms with E-state index in [9.17, 15) is 9.59 Å². The van der Waals surface area contributed by atoms with Crippen LogP contribution in [0.3, 0.4) is 0 Å². The van der Waals surface area contributed by atoms with E-state index in [0.717, 1.165) is 29.6 Å². The van der Waals surface area contributed by atoms with Gasteiger partial charge >= 0.3 is 0 Å². The van der Waals surface area contributed by atoms with Crippen LogP contribution in [0.2, 0.25) is 0 Å². The number of carbonyl (C=O) groups is 2. The summed E-state index contributed by atoms with van der Waals surface area (Å²) in [5, 5.41) is 0. The van der Waals surface area contributed by atoms with E-state index in [0.29, 0.717) is 30.2 Å². The molecule has 2 heterocycles. The van der Waals surface area contributed by atoms with Gasteiger partial charge in [0, 0.05) is 17.3 Å². The normalized spacial score (nSPS) is 13.8. The summed E-state index contributed by atoms with van der Waals surface area (Å²) in [6.45, 7) is 3.12. The summed E-state index contributed by atoms with van der Waals surface area (Å²) in [7, 11) is 0. The predicted molar refractivity (Wildman–Crippen MR) is 85.2 cm³/mol. The zero-order valence-electron chi connectivity index (χ0n) is 12.2. The number of rotatable bonds is 4. The molecule has 3 rings (SSSR count). The van der Waals surface area contributed by atoms with Gasteiger partial charge in [0.2, 0.25) is 0 Å². The first-order valence-electron chi connectivity index (χ1n) is 7.07. The van der Waals surface area contributed by atoms with Crippen molar-refractivity contribution in [1.29, 1.82) is 0 Å². The number of hydrogen-bond donors (Lipinski definition) is 1. The van der Waals surface area contributed by atoms with Gasteiger partial charge in [0.05, 0.1) is 12.2 Å². The van der Waals surface area contributed by atoms with Crippen LogP contribution < -0.4 is 9.64 Å². The molecule has 112 valence electrons. The molecule has 5 nitrogen and oxygen atoms in total. The Morgan fingerprint density at radius 3 is 2.77 bits per heavy atom. The number of nitrogens with one attached hydrogen (secondary N) is 1. The first kappa shape index (κ1) is 14.1. The van der Waals surface area contributed by atoms with Crippen LogP contribution in [0.25, 0.3) is 6.08 Å². The summed E-state index contributed by atoms with van der Waals surface area (Å²) < 4.78 is 5.58. The highest BCUT2D eigenvalue weighted by molar-refractivity contribution is 5.85. The van der Waals surface area contributed by atoms with Crippen LogP contribution in [0, 0.1) is 0 Å². The maximum absolute atomic E-state index is 11.1. The number of nitrogens with zero attached hydrogens (tertiary/aromatic N) is 1. The highest BCUT2D eigenvalue weighted by atomic mass is 16.5. The summed E-state index contributed by atoms with van der Waals surface area (Å²) in [5.74, 6) is 1.43. The smallest absolute Gasteiger partial charge is 0.166 e. The second-order valence-corrected chi connectivity index (χ2v) is 4.99. The van der Waals surface area contributed by atoms with Crippen LogP contribution in [0.4, 0.5) is 11.5 Å². The van der Waals surface area contributed by atoms with E-state index in [1.807, 2.05) is 36.1 Å². The molecular formula is C17H16N2O3. The topological polar surface area (TPSA) is 62.4 Å². The van der Waals surface area contributed by atoms with Crippen LogP contribution in [0.1, 0.15) is 33.3 Å². The van der Waals surface area contributed by atoms with E-state index in [2.05, 4.69) is 4.98 Å². The fraction of sp³-hybridized carbons (Fsp3) is 0.176. The lowest BCUT2D eigenvalue weighted by atomic mass is 10.1. The van der Waals surface area contributed by atoms with E-state index in [4.69, 9.17) is 4.74 Å². The van der Waals surface area contributed by atoms with Gasteiger partial charge in [0.15, 0.2) is 24.1 Å². The second-order valence-electron chi connectivity index (χ2n) is 4.99. The number of allylic oxidation sites excluding steroid dienone is 1. The van der Waals surface area contributed by atoms with Crippen molar-refractivity contribution in [3.8, 4) is 5.75 Å². The van der Waals surface area contributed by atoms with Crippen molar-refractivity contribution in [3.05, 3.63) is 47.2 Å². The van der Waals surface area contributed by atoms with Gasteiger partial charge in [-0.1, -0.05) is 12.2 Å². The molecule has 1 aromatic heterocycles. The van der Waals surface area contributed by atoms with Crippen molar-refractivity contribution >= 4 is 30.2 Å². The van der Waals surface area contributed by atoms with E-state index in [1.54, 1.807) is 12.1 Å². The van der Waals surface area contributed by atoms with Gasteiger partial charge in [-0.3, -0.25) is 9.59 Å². The SMILES string of the molecule is C/C=C\c1cc(N2CCOc3cc(C=O)[nH]c32)ccc1C=O. The minimum Gasteiger partial charge on any atom is -0.488 e. The number of carbonyl (C=O) groups excluding carboxylic acids is 2. The molecule has 1 N–H and O–H groups in total. The number of ether oxygens (including phenoxy) is 1. The van der Waals surface area contributed by atoms with Gasteiger partial charge in [-0.15, -0.1) is 0 Å². The highest BCUT2D eigenvalue weighted by Gasteiger charge is 2.22. The summed E-state index contributed by atoms with van der Waals surface area (Å²) in [6.07, 6.45) is 5.42. The van der Waals surface area contributed by atoms with Gasteiger partial charge < -0.3 is 14.6 Å². The molecular weight excluding hydrogens is 280 g/mol. The number of benzene rings is 1. The third-order valence-corrected chi connectivity index (χ3v) is 3.61. The Morgan fingerprint density at radius 2 is 2.05 bits per heavy atom. The maximum Gasteiger partial charge on any atom is 0.166 e. The molecule has 0 bridgehead atoms. The number of fused-ring (bicyclic) bond motifs is 1. The Hall–Kier alpha value is -2.82. The number of aromatic nitrogens is 1. The zero-order valence-corrected chi connectivity index (χ0v) is 12.2. The fourth-order valence-corrected chi connectivity index (χ4v) is 2.60. The summed E-state index contributed by atoms with van der Waals surface area (Å²) in [5.41, 5.74) is 2.94. The summed E-state index contributed by atoms with van der Waals surface area (Å²) in [4.78, 5) is 27.2. The highest BCUT2D eigenvalue weighted by Crippen LogP contribution is 2.37. The molecule has 5 heteroatoms. The Morgan fingerprint density at radius 1 is 1.18 bits per heavy atom. The van der Waals surface area contributed by atoms with Gasteiger partial charge in [0.1, 0.15) is 6.61 Å². The molecule has 1 aliphatic rings. The van der Waals surface area contributed by atoms with Gasteiger partial charge in [0.25, 0.3) is 0 Å². The van der Waals surface area contributed by atoms with E-state index in [1.165, 1.54) is 0 Å². The van der Waals surface area contributed by atoms with Crippen molar-refractivity contribution in [2.45, 2.75) is 6.92 Å². The average molecular weight is 296 g/mol. The first-order chi connectivity index (χ1) is 10.8. The van der Waals surface area contributed by atoms with Crippen LogP contribution in [0.15, 0.2) is 30.3 Å². The van der Waals surface area contributed by atoms with Crippen molar-refractivity contribution in [1.82, 2.24) is 4.98 Å². The Bertz CT molecular complexity index is 746. The molecule has 0 atom stereocenters. The summed E-state index contributed by atoms with van der Waals surface area (Å²) in [6, 6.07) is 7.35. The van der Waals surface area contributed by atoms with Gasteiger partial charge in [-0.05, 0) is 30.7 Å². The predicted octanol–water partition coefficient (Wildman–Crippen LogP) is 3.20. The lowest BCUT2D eigenvalue weighted by Crippen LogP contribution is -2.28. The van der Waals surface area contributed by atoms with Gasteiger partial charge in [-0.2, -0.15) is 0 Å². The molecule has 0 spiro atoms. The van der Waals surface area contributed by atoms with Crippen molar-refractivity contribution in [2.24, 2.45) is 0 Å². The van der Waals surface area contributed by atoms with Crippen molar-refractivity contribution in [2.75, 3.05) is 18.1 Å². The molecule has 1 aromatic carbocycles. The van der Waals surface area contributed by atoms with Crippen LogP contribution in [-0.4, -0.2) is 30.7 Å².